The maximum Gasteiger partial charge on any atom is 0.239 e. The first-order chi connectivity index (χ1) is 28.0. The molecule has 58 heavy (non-hydrogen) atoms. The number of unbranched alkanes of at least 4 members (excludes halogenated alkanes) is 10. The number of nitrogens with zero attached hydrogens (tertiary/aromatic N) is 2. The summed E-state index contributed by atoms with van der Waals surface area (Å²) in [5.74, 6) is -1.13. The van der Waals surface area contributed by atoms with Gasteiger partial charge in [0, 0.05) is 44.1 Å². The van der Waals surface area contributed by atoms with Crippen molar-refractivity contribution in [3.8, 4) is 11.5 Å². The van der Waals surface area contributed by atoms with E-state index in [4.69, 9.17) is 24.2 Å². The van der Waals surface area contributed by atoms with Gasteiger partial charge >= 0.3 is 0 Å². The molecular weight excluding hydrogens is 737 g/mol. The molecule has 6 unspecified atom stereocenters. The number of aliphatic hydroxyl groups is 3. The third-order valence-electron chi connectivity index (χ3n) is 12.0. The minimum absolute atomic E-state index is 0.0144. The van der Waals surface area contributed by atoms with Gasteiger partial charge in [-0.25, -0.2) is 0 Å². The van der Waals surface area contributed by atoms with Crippen molar-refractivity contribution in [3.63, 3.8) is 0 Å². The minimum Gasteiger partial charge on any atom is -0.508 e. The average Bonchev–Trinajstić information content (AvgIpc) is 3.20. The Balaban J connectivity index is 1.86. The molecule has 11 heteroatoms. The van der Waals surface area contributed by atoms with Crippen LogP contribution in [0.4, 0.5) is 0 Å². The fraction of sp³-hybridized carbons (Fsp3) is 0.745. The zero-order valence-corrected chi connectivity index (χ0v) is 36.2. The first-order valence-corrected chi connectivity index (χ1v) is 22.5. The Morgan fingerprint density at radius 3 is 2.29 bits per heavy atom. The predicted molar refractivity (Wildman–Crippen MR) is 229 cm³/mol. The van der Waals surface area contributed by atoms with Crippen LogP contribution in [0.5, 0.6) is 11.5 Å². The predicted octanol–water partition coefficient (Wildman–Crippen LogP) is 8.58. The van der Waals surface area contributed by atoms with E-state index in [0.717, 1.165) is 61.8 Å². The van der Waals surface area contributed by atoms with Gasteiger partial charge in [-0.2, -0.15) is 0 Å². The number of benzene rings is 1. The second-order valence-electron chi connectivity index (χ2n) is 17.5. The van der Waals surface area contributed by atoms with Gasteiger partial charge in [0.2, 0.25) is 11.7 Å². The fourth-order valence-corrected chi connectivity index (χ4v) is 9.36. The highest BCUT2D eigenvalue weighted by molar-refractivity contribution is 6.03. The molecule has 6 atom stereocenters. The van der Waals surface area contributed by atoms with Crippen molar-refractivity contribution in [1.29, 1.82) is 0 Å². The average molecular weight is 813 g/mol. The molecule has 1 saturated carbocycles. The van der Waals surface area contributed by atoms with E-state index in [2.05, 4.69) is 19.6 Å². The summed E-state index contributed by atoms with van der Waals surface area (Å²) in [6.45, 7) is 13.0. The molecule has 1 fully saturated rings. The summed E-state index contributed by atoms with van der Waals surface area (Å²) in [5, 5.41) is 45.1. The molecule has 1 amide bonds. The Hall–Kier alpha value is -2.96. The van der Waals surface area contributed by atoms with Crippen molar-refractivity contribution < 1.29 is 44.3 Å². The number of phenolic OH excluding ortho intramolecular Hbond substituents is 1. The number of phenols is 1. The highest BCUT2D eigenvalue weighted by atomic mass is 16.7. The molecule has 11 nitrogen and oxygen atoms in total. The smallest absolute Gasteiger partial charge is 0.239 e. The summed E-state index contributed by atoms with van der Waals surface area (Å²) in [6, 6.07) is 4.61. The molecule has 4 rings (SSSR count). The van der Waals surface area contributed by atoms with Crippen LogP contribution in [0.3, 0.4) is 0 Å². The van der Waals surface area contributed by atoms with Gasteiger partial charge in [-0.05, 0) is 88.5 Å². The third kappa shape index (κ3) is 13.0. The van der Waals surface area contributed by atoms with Gasteiger partial charge in [0.1, 0.15) is 23.1 Å². The van der Waals surface area contributed by atoms with E-state index in [9.17, 15) is 25.2 Å². The highest BCUT2D eigenvalue weighted by Crippen LogP contribution is 2.62. The van der Waals surface area contributed by atoms with E-state index < -0.39 is 23.3 Å². The Morgan fingerprint density at radius 1 is 0.948 bits per heavy atom. The lowest BCUT2D eigenvalue weighted by Crippen LogP contribution is -2.70. The van der Waals surface area contributed by atoms with Crippen LogP contribution in [-0.2, 0) is 19.1 Å². The number of carbonyl (C=O) groups is 1. The van der Waals surface area contributed by atoms with Gasteiger partial charge in [-0.1, -0.05) is 88.4 Å². The van der Waals surface area contributed by atoms with Gasteiger partial charge in [0.25, 0.3) is 0 Å². The van der Waals surface area contributed by atoms with Crippen LogP contribution in [0.1, 0.15) is 148 Å². The number of aromatic hydroxyl groups is 1. The minimum atomic E-state index is -1.37. The maximum atomic E-state index is 14.7. The van der Waals surface area contributed by atoms with Gasteiger partial charge in [-0.15, -0.1) is 6.58 Å². The molecule has 0 radical (unpaired) electrons. The van der Waals surface area contributed by atoms with Crippen LogP contribution in [-0.4, -0.2) is 101 Å². The summed E-state index contributed by atoms with van der Waals surface area (Å²) in [6.07, 6.45) is 19.7. The van der Waals surface area contributed by atoms with Gasteiger partial charge in [0.15, 0.2) is 0 Å². The summed E-state index contributed by atoms with van der Waals surface area (Å²) >= 11 is 0. The molecule has 2 aliphatic carbocycles. The number of allylic oxidation sites excluding steroid dienone is 1. The number of carbonyl (C=O) groups excluding carboxylic acids is 1. The van der Waals surface area contributed by atoms with Gasteiger partial charge < -0.3 is 44.4 Å². The van der Waals surface area contributed by atoms with Crippen molar-refractivity contribution in [1.82, 2.24) is 4.90 Å². The Kier molecular flexibility index (Phi) is 20.0. The lowest BCUT2D eigenvalue weighted by atomic mass is 9.55. The second kappa shape index (κ2) is 24.3. The van der Waals surface area contributed by atoms with Gasteiger partial charge in [-0.3, -0.25) is 4.79 Å². The monoisotopic (exact) mass is 813 g/mol. The van der Waals surface area contributed by atoms with Crippen LogP contribution in [0.15, 0.2) is 47.7 Å². The van der Waals surface area contributed by atoms with Crippen molar-refractivity contribution in [2.24, 2.45) is 22.9 Å². The molecule has 3 aliphatic rings. The molecular formula is C47H76N2O9. The number of hydrogen-bond donors (Lipinski definition) is 4. The van der Waals surface area contributed by atoms with Crippen LogP contribution in [0.25, 0.3) is 0 Å². The molecule has 4 N–H and O–H groups in total. The summed E-state index contributed by atoms with van der Waals surface area (Å²) in [7, 11) is 0. The molecule has 0 spiro atoms. The zero-order valence-electron chi connectivity index (χ0n) is 36.2. The fourth-order valence-electron chi connectivity index (χ4n) is 9.36. The normalized spacial score (nSPS) is 24.4. The second-order valence-corrected chi connectivity index (χ2v) is 17.5. The Labute approximate surface area is 348 Å². The van der Waals surface area contributed by atoms with Gasteiger partial charge in [0.05, 0.1) is 38.1 Å². The Morgan fingerprint density at radius 2 is 1.64 bits per heavy atom. The molecule has 328 valence electrons. The van der Waals surface area contributed by atoms with Crippen molar-refractivity contribution >= 4 is 11.6 Å². The lowest BCUT2D eigenvalue weighted by Gasteiger charge is -2.60. The Bertz CT molecular complexity index is 1460. The summed E-state index contributed by atoms with van der Waals surface area (Å²) in [4.78, 5) is 22.8. The van der Waals surface area contributed by atoms with E-state index in [0.29, 0.717) is 31.4 Å². The van der Waals surface area contributed by atoms with E-state index >= 15 is 0 Å². The molecule has 1 aromatic carbocycles. The first-order valence-electron chi connectivity index (χ1n) is 22.5. The first kappa shape index (κ1) is 47.7. The maximum absolute atomic E-state index is 14.7. The molecule has 1 aliphatic heterocycles. The van der Waals surface area contributed by atoms with Crippen molar-refractivity contribution in [2.75, 3.05) is 46.2 Å². The van der Waals surface area contributed by atoms with E-state index in [-0.39, 0.29) is 75.6 Å². The summed E-state index contributed by atoms with van der Waals surface area (Å²) in [5.41, 5.74) is 1.99. The summed E-state index contributed by atoms with van der Waals surface area (Å²) < 4.78 is 20.1. The molecule has 1 heterocycles. The number of oxime groups is 1. The topological polar surface area (TPSA) is 151 Å². The van der Waals surface area contributed by atoms with E-state index in [1.54, 1.807) is 12.1 Å². The number of amides is 1. The quantitative estimate of drug-likeness (QED) is 0.0371. The van der Waals surface area contributed by atoms with Crippen LogP contribution < -0.4 is 4.74 Å². The standard InChI is InChI=1S/C47H76N2O9/c1-6-8-9-10-11-12-13-14-15-22-43(54)49(25-30-55-31-28-52)42-34-40(48-58-46(3,4)5)38-32-35(20-16-18-26-50)37(21-17-19-27-51)44-39-33-36(53)23-24-41(39)57-47(42,45(38)44)56-29-7-2/h7,23-24,32-33,35,37,42,44-45,50-53H,2,6,8-22,25-31,34H2,1,3-5H3. The van der Waals surface area contributed by atoms with Crippen molar-refractivity contribution in [2.45, 2.75) is 160 Å². The molecule has 0 saturated heterocycles. The number of aliphatic hydroxyl groups excluding tert-OH is 3. The van der Waals surface area contributed by atoms with Crippen LogP contribution in [0.2, 0.25) is 0 Å². The SMILES string of the molecule is C=CCOC12Oc3ccc(O)cc3C3C(CCCCO)C(CCCCO)C=C(C(=NOC(C)(C)C)CC1N(CCOCCO)C(=O)CCCCCCCCCCC)C32. The molecule has 0 aromatic heterocycles. The van der Waals surface area contributed by atoms with Crippen molar-refractivity contribution in [3.05, 3.63) is 48.1 Å². The number of fused-ring (bicyclic) bond motifs is 2. The molecule has 0 bridgehead atoms. The molecule has 1 aromatic rings. The zero-order chi connectivity index (χ0) is 42.0. The van der Waals surface area contributed by atoms with Crippen LogP contribution >= 0.6 is 0 Å². The van der Waals surface area contributed by atoms with Crippen LogP contribution in [0, 0.1) is 17.8 Å². The lowest BCUT2D eigenvalue weighted by molar-refractivity contribution is -0.258. The van der Waals surface area contributed by atoms with E-state index in [1.807, 2.05) is 37.8 Å². The number of rotatable bonds is 28. The number of hydrogen-bond acceptors (Lipinski definition) is 10. The largest absolute Gasteiger partial charge is 0.508 e. The highest BCUT2D eigenvalue weighted by Gasteiger charge is 2.65. The van der Waals surface area contributed by atoms with E-state index in [1.165, 1.54) is 38.5 Å². The number of ether oxygens (including phenoxy) is 3. The third-order valence-corrected chi connectivity index (χ3v) is 12.0.